The fourth-order valence-electron chi connectivity index (χ4n) is 1.38. The molecule has 1 N–H and O–H groups in total. The Kier molecular flexibility index (Phi) is 2.60. The summed E-state index contributed by atoms with van der Waals surface area (Å²) in [5.74, 6) is -0.364. The van der Waals surface area contributed by atoms with Gasteiger partial charge in [-0.1, -0.05) is 35.9 Å². The van der Waals surface area contributed by atoms with Crippen LogP contribution in [0.15, 0.2) is 42.5 Å². The van der Waals surface area contributed by atoms with Gasteiger partial charge in [0.25, 0.3) is 0 Å². The highest BCUT2D eigenvalue weighted by Gasteiger charge is 2.06. The van der Waals surface area contributed by atoms with Crippen molar-refractivity contribution in [3.05, 3.63) is 53.3 Å². The first-order chi connectivity index (χ1) is 7.18. The number of aromatic hydroxyl groups is 1. The van der Waals surface area contributed by atoms with E-state index in [2.05, 4.69) is 0 Å². The van der Waals surface area contributed by atoms with Gasteiger partial charge in [-0.05, 0) is 23.8 Å². The van der Waals surface area contributed by atoms with Crippen LogP contribution in [0.4, 0.5) is 4.39 Å². The van der Waals surface area contributed by atoms with Crippen molar-refractivity contribution in [1.82, 2.24) is 0 Å². The minimum atomic E-state index is -0.320. The monoisotopic (exact) mass is 222 g/mol. The van der Waals surface area contributed by atoms with Crippen molar-refractivity contribution in [2.45, 2.75) is 0 Å². The number of halogens is 2. The molecule has 0 amide bonds. The van der Waals surface area contributed by atoms with Crippen LogP contribution >= 0.6 is 11.6 Å². The van der Waals surface area contributed by atoms with Crippen LogP contribution in [0.2, 0.25) is 5.02 Å². The molecule has 2 aromatic carbocycles. The summed E-state index contributed by atoms with van der Waals surface area (Å²) in [7, 11) is 0. The summed E-state index contributed by atoms with van der Waals surface area (Å²) < 4.78 is 13.4. The smallest absolute Gasteiger partial charge is 0.134 e. The van der Waals surface area contributed by atoms with Crippen LogP contribution in [0.5, 0.6) is 5.75 Å². The molecule has 0 saturated carbocycles. The van der Waals surface area contributed by atoms with E-state index in [1.165, 1.54) is 12.1 Å². The topological polar surface area (TPSA) is 20.2 Å². The maximum atomic E-state index is 13.4. The standard InChI is InChI=1S/C12H8ClFO/c13-10-6-5-8(7-12(10)15)9-3-1-2-4-11(9)14/h1-7,15H. The molecular weight excluding hydrogens is 215 g/mol. The molecule has 0 aliphatic rings. The summed E-state index contributed by atoms with van der Waals surface area (Å²) >= 11 is 5.66. The number of phenolic OH excluding ortho intramolecular Hbond substituents is 1. The summed E-state index contributed by atoms with van der Waals surface area (Å²) in [6, 6.07) is 11.0. The molecule has 0 unspecified atom stereocenters. The first-order valence-electron chi connectivity index (χ1n) is 4.42. The Bertz CT molecular complexity index is 497. The van der Waals surface area contributed by atoms with Crippen LogP contribution in [0.1, 0.15) is 0 Å². The molecule has 0 fully saturated rings. The van der Waals surface area contributed by atoms with Crippen molar-refractivity contribution < 1.29 is 9.50 Å². The van der Waals surface area contributed by atoms with Crippen molar-refractivity contribution in [2.24, 2.45) is 0 Å². The van der Waals surface area contributed by atoms with E-state index in [-0.39, 0.29) is 16.6 Å². The number of benzene rings is 2. The van der Waals surface area contributed by atoms with Gasteiger partial charge < -0.3 is 5.11 Å². The van der Waals surface area contributed by atoms with Crippen molar-refractivity contribution in [2.75, 3.05) is 0 Å². The summed E-state index contributed by atoms with van der Waals surface area (Å²) in [6.07, 6.45) is 0. The Labute approximate surface area is 91.8 Å². The third-order valence-corrected chi connectivity index (χ3v) is 2.45. The first kappa shape index (κ1) is 9.99. The zero-order valence-corrected chi connectivity index (χ0v) is 8.50. The number of phenols is 1. The second-order valence-corrected chi connectivity index (χ2v) is 3.55. The molecule has 2 aromatic rings. The number of hydrogen-bond donors (Lipinski definition) is 1. The average Bonchev–Trinajstić information content (AvgIpc) is 2.23. The van der Waals surface area contributed by atoms with Crippen LogP contribution in [0, 0.1) is 5.82 Å². The third kappa shape index (κ3) is 1.95. The van der Waals surface area contributed by atoms with Crippen molar-refractivity contribution in [3.8, 4) is 16.9 Å². The fraction of sp³-hybridized carbons (Fsp3) is 0. The lowest BCUT2D eigenvalue weighted by atomic mass is 10.1. The largest absolute Gasteiger partial charge is 0.506 e. The molecule has 0 atom stereocenters. The van der Waals surface area contributed by atoms with E-state index in [0.29, 0.717) is 11.1 Å². The van der Waals surface area contributed by atoms with Gasteiger partial charge in [0.2, 0.25) is 0 Å². The van der Waals surface area contributed by atoms with Gasteiger partial charge in [-0.25, -0.2) is 4.39 Å². The van der Waals surface area contributed by atoms with Crippen molar-refractivity contribution in [3.63, 3.8) is 0 Å². The Morgan fingerprint density at radius 2 is 1.80 bits per heavy atom. The van der Waals surface area contributed by atoms with E-state index < -0.39 is 0 Å². The van der Waals surface area contributed by atoms with Gasteiger partial charge in [0.15, 0.2) is 0 Å². The molecule has 0 heterocycles. The van der Waals surface area contributed by atoms with Gasteiger partial charge in [-0.3, -0.25) is 0 Å². The molecule has 0 spiro atoms. The summed E-state index contributed by atoms with van der Waals surface area (Å²) in [6.45, 7) is 0. The molecule has 0 aliphatic carbocycles. The van der Waals surface area contributed by atoms with E-state index in [1.807, 2.05) is 0 Å². The highest BCUT2D eigenvalue weighted by Crippen LogP contribution is 2.30. The molecule has 76 valence electrons. The SMILES string of the molecule is Oc1cc(-c2ccccc2F)ccc1Cl. The van der Waals surface area contributed by atoms with Gasteiger partial charge in [-0.15, -0.1) is 0 Å². The first-order valence-corrected chi connectivity index (χ1v) is 4.79. The van der Waals surface area contributed by atoms with E-state index in [1.54, 1.807) is 30.3 Å². The lowest BCUT2D eigenvalue weighted by Gasteiger charge is -2.04. The van der Waals surface area contributed by atoms with Crippen LogP contribution in [-0.4, -0.2) is 5.11 Å². The lowest BCUT2D eigenvalue weighted by Crippen LogP contribution is -1.83. The molecule has 0 radical (unpaired) electrons. The fourth-order valence-corrected chi connectivity index (χ4v) is 1.49. The molecule has 0 aromatic heterocycles. The Morgan fingerprint density at radius 3 is 2.47 bits per heavy atom. The van der Waals surface area contributed by atoms with Crippen molar-refractivity contribution >= 4 is 11.6 Å². The van der Waals surface area contributed by atoms with Crippen LogP contribution in [0.3, 0.4) is 0 Å². The zero-order valence-electron chi connectivity index (χ0n) is 7.74. The predicted octanol–water partition coefficient (Wildman–Crippen LogP) is 3.85. The second-order valence-electron chi connectivity index (χ2n) is 3.15. The summed E-state index contributed by atoms with van der Waals surface area (Å²) in [5.41, 5.74) is 1.06. The molecule has 0 bridgehead atoms. The second kappa shape index (κ2) is 3.91. The van der Waals surface area contributed by atoms with Gasteiger partial charge in [0.1, 0.15) is 11.6 Å². The quantitative estimate of drug-likeness (QED) is 0.777. The third-order valence-electron chi connectivity index (χ3n) is 2.13. The maximum absolute atomic E-state index is 13.4. The average molecular weight is 223 g/mol. The normalized spacial score (nSPS) is 10.3. The molecule has 1 nitrogen and oxygen atoms in total. The maximum Gasteiger partial charge on any atom is 0.134 e. The van der Waals surface area contributed by atoms with Crippen LogP contribution in [-0.2, 0) is 0 Å². The van der Waals surface area contributed by atoms with E-state index >= 15 is 0 Å². The lowest BCUT2D eigenvalue weighted by molar-refractivity contribution is 0.476. The summed E-state index contributed by atoms with van der Waals surface area (Å²) in [4.78, 5) is 0. The van der Waals surface area contributed by atoms with E-state index in [9.17, 15) is 9.50 Å². The van der Waals surface area contributed by atoms with Gasteiger partial charge >= 0.3 is 0 Å². The van der Waals surface area contributed by atoms with Crippen LogP contribution in [0.25, 0.3) is 11.1 Å². The molecule has 0 aliphatic heterocycles. The number of hydrogen-bond acceptors (Lipinski definition) is 1. The minimum Gasteiger partial charge on any atom is -0.506 e. The Morgan fingerprint density at radius 1 is 1.07 bits per heavy atom. The zero-order chi connectivity index (χ0) is 10.8. The highest BCUT2D eigenvalue weighted by molar-refractivity contribution is 6.32. The summed E-state index contributed by atoms with van der Waals surface area (Å²) in [5, 5.41) is 9.66. The molecule has 3 heteroatoms. The van der Waals surface area contributed by atoms with Gasteiger partial charge in [0, 0.05) is 5.56 Å². The van der Waals surface area contributed by atoms with Crippen molar-refractivity contribution in [1.29, 1.82) is 0 Å². The Hall–Kier alpha value is -1.54. The predicted molar refractivity (Wildman–Crippen MR) is 58.5 cm³/mol. The molecule has 0 saturated heterocycles. The van der Waals surface area contributed by atoms with Gasteiger partial charge in [-0.2, -0.15) is 0 Å². The molecule has 2 rings (SSSR count). The number of rotatable bonds is 1. The van der Waals surface area contributed by atoms with Crippen LogP contribution < -0.4 is 0 Å². The Balaban J connectivity index is 2.55. The highest BCUT2D eigenvalue weighted by atomic mass is 35.5. The van der Waals surface area contributed by atoms with E-state index in [0.717, 1.165) is 0 Å². The van der Waals surface area contributed by atoms with E-state index in [4.69, 9.17) is 11.6 Å². The van der Waals surface area contributed by atoms with Gasteiger partial charge in [0.05, 0.1) is 5.02 Å². The minimum absolute atomic E-state index is 0.0441. The molecular formula is C12H8ClFO. The molecule has 15 heavy (non-hydrogen) atoms.